The summed E-state index contributed by atoms with van der Waals surface area (Å²) in [7, 11) is 1.41. The average molecular weight is 288 g/mol. The Kier molecular flexibility index (Phi) is 4.56. The van der Waals surface area contributed by atoms with Crippen LogP contribution in [0.25, 0.3) is 0 Å². The largest absolute Gasteiger partial charge is 0.465 e. The second-order valence-electron chi connectivity index (χ2n) is 6.11. The maximum atomic E-state index is 11.4. The normalized spacial score (nSPS) is 20.4. The highest BCUT2D eigenvalue weighted by Crippen LogP contribution is 2.29. The van der Waals surface area contributed by atoms with Crippen LogP contribution in [0.15, 0.2) is 24.3 Å². The number of hydrogen-bond donors (Lipinski definition) is 1. The van der Waals surface area contributed by atoms with Crippen LogP contribution in [-0.4, -0.2) is 43.2 Å². The molecule has 3 rings (SSSR count). The summed E-state index contributed by atoms with van der Waals surface area (Å²) < 4.78 is 4.71. The Morgan fingerprint density at radius 3 is 2.43 bits per heavy atom. The van der Waals surface area contributed by atoms with E-state index in [-0.39, 0.29) is 5.97 Å². The molecular weight excluding hydrogens is 264 g/mol. The molecule has 2 fully saturated rings. The van der Waals surface area contributed by atoms with E-state index in [4.69, 9.17) is 4.74 Å². The lowest BCUT2D eigenvalue weighted by molar-refractivity contribution is 0.0600. The molecule has 21 heavy (non-hydrogen) atoms. The number of benzene rings is 1. The van der Waals surface area contributed by atoms with E-state index in [9.17, 15) is 4.79 Å². The van der Waals surface area contributed by atoms with Crippen molar-refractivity contribution in [1.82, 2.24) is 10.2 Å². The maximum Gasteiger partial charge on any atom is 0.337 e. The number of methoxy groups -OCH3 is 1. The fraction of sp³-hybridized carbons (Fsp3) is 0.588. The SMILES string of the molecule is COC(=O)c1ccc(CNC2CCN(C3CC3)CC2)cc1. The summed E-state index contributed by atoms with van der Waals surface area (Å²) in [5, 5.41) is 3.64. The Hall–Kier alpha value is -1.39. The molecule has 0 radical (unpaired) electrons. The Balaban J connectivity index is 1.43. The van der Waals surface area contributed by atoms with Crippen LogP contribution in [0.2, 0.25) is 0 Å². The molecular formula is C17H24N2O2. The van der Waals surface area contributed by atoms with Crippen molar-refractivity contribution in [3.8, 4) is 0 Å². The highest BCUT2D eigenvalue weighted by atomic mass is 16.5. The predicted molar refractivity (Wildman–Crippen MR) is 82.2 cm³/mol. The molecule has 2 aliphatic rings. The Labute approximate surface area is 126 Å². The molecule has 4 heteroatoms. The molecule has 0 bridgehead atoms. The first-order valence-corrected chi connectivity index (χ1v) is 7.91. The van der Waals surface area contributed by atoms with Gasteiger partial charge in [-0.25, -0.2) is 4.79 Å². The van der Waals surface area contributed by atoms with Gasteiger partial charge in [-0.3, -0.25) is 0 Å². The number of hydrogen-bond acceptors (Lipinski definition) is 4. The zero-order valence-corrected chi connectivity index (χ0v) is 12.7. The van der Waals surface area contributed by atoms with Gasteiger partial charge in [0.25, 0.3) is 0 Å². The monoisotopic (exact) mass is 288 g/mol. The highest BCUT2D eigenvalue weighted by Gasteiger charge is 2.31. The second-order valence-corrected chi connectivity index (χ2v) is 6.11. The number of nitrogens with zero attached hydrogens (tertiary/aromatic N) is 1. The van der Waals surface area contributed by atoms with Crippen molar-refractivity contribution < 1.29 is 9.53 Å². The van der Waals surface area contributed by atoms with Crippen LogP contribution in [0.5, 0.6) is 0 Å². The lowest BCUT2D eigenvalue weighted by atomic mass is 10.0. The summed E-state index contributed by atoms with van der Waals surface area (Å²) in [6.45, 7) is 3.35. The zero-order chi connectivity index (χ0) is 14.7. The lowest BCUT2D eigenvalue weighted by Gasteiger charge is -2.32. The molecule has 1 heterocycles. The van der Waals surface area contributed by atoms with E-state index in [1.54, 1.807) is 0 Å². The van der Waals surface area contributed by atoms with Crippen LogP contribution in [0.1, 0.15) is 41.6 Å². The first-order chi connectivity index (χ1) is 10.3. The van der Waals surface area contributed by atoms with Crippen molar-refractivity contribution in [2.75, 3.05) is 20.2 Å². The summed E-state index contributed by atoms with van der Waals surface area (Å²) in [5.41, 5.74) is 1.83. The molecule has 114 valence electrons. The molecule has 0 aromatic heterocycles. The van der Waals surface area contributed by atoms with Crippen LogP contribution in [-0.2, 0) is 11.3 Å². The quantitative estimate of drug-likeness (QED) is 0.843. The summed E-state index contributed by atoms with van der Waals surface area (Å²) >= 11 is 0. The van der Waals surface area contributed by atoms with E-state index in [1.165, 1.54) is 51.4 Å². The summed E-state index contributed by atoms with van der Waals surface area (Å²) in [4.78, 5) is 14.0. The van der Waals surface area contributed by atoms with E-state index in [0.29, 0.717) is 11.6 Å². The molecule has 1 aromatic rings. The van der Waals surface area contributed by atoms with Gasteiger partial charge in [-0.2, -0.15) is 0 Å². The van der Waals surface area contributed by atoms with Gasteiger partial charge in [0, 0.05) is 18.6 Å². The van der Waals surface area contributed by atoms with Crippen LogP contribution in [0.4, 0.5) is 0 Å². The Morgan fingerprint density at radius 2 is 1.86 bits per heavy atom. The third-order valence-corrected chi connectivity index (χ3v) is 4.56. The number of ether oxygens (including phenoxy) is 1. The van der Waals surface area contributed by atoms with Crippen molar-refractivity contribution >= 4 is 5.97 Å². The summed E-state index contributed by atoms with van der Waals surface area (Å²) in [6, 6.07) is 9.19. The number of piperidine rings is 1. The zero-order valence-electron chi connectivity index (χ0n) is 12.7. The molecule has 0 spiro atoms. The Morgan fingerprint density at radius 1 is 1.19 bits per heavy atom. The van der Waals surface area contributed by atoms with Gasteiger partial charge in [0.1, 0.15) is 0 Å². The third kappa shape index (κ3) is 3.83. The molecule has 0 atom stereocenters. The van der Waals surface area contributed by atoms with Crippen LogP contribution >= 0.6 is 0 Å². The van der Waals surface area contributed by atoms with Crippen molar-refractivity contribution in [1.29, 1.82) is 0 Å². The van der Waals surface area contributed by atoms with Gasteiger partial charge in [-0.1, -0.05) is 12.1 Å². The van der Waals surface area contributed by atoms with Gasteiger partial charge < -0.3 is 15.0 Å². The van der Waals surface area contributed by atoms with E-state index < -0.39 is 0 Å². The van der Waals surface area contributed by atoms with Gasteiger partial charge in [-0.05, 0) is 56.5 Å². The molecule has 1 N–H and O–H groups in total. The van der Waals surface area contributed by atoms with Gasteiger partial charge >= 0.3 is 5.97 Å². The molecule has 1 saturated heterocycles. The minimum atomic E-state index is -0.276. The van der Waals surface area contributed by atoms with Crippen molar-refractivity contribution in [3.63, 3.8) is 0 Å². The number of esters is 1. The molecule has 4 nitrogen and oxygen atoms in total. The molecule has 1 aliphatic heterocycles. The van der Waals surface area contributed by atoms with Crippen molar-refractivity contribution in [3.05, 3.63) is 35.4 Å². The minimum Gasteiger partial charge on any atom is -0.465 e. The molecule has 0 unspecified atom stereocenters. The molecule has 0 amide bonds. The maximum absolute atomic E-state index is 11.4. The van der Waals surface area contributed by atoms with Crippen LogP contribution in [0, 0.1) is 0 Å². The minimum absolute atomic E-state index is 0.276. The molecule has 1 aliphatic carbocycles. The van der Waals surface area contributed by atoms with E-state index in [2.05, 4.69) is 10.2 Å². The van der Waals surface area contributed by atoms with Gasteiger partial charge in [0.2, 0.25) is 0 Å². The van der Waals surface area contributed by atoms with E-state index in [0.717, 1.165) is 12.6 Å². The number of carbonyl (C=O) groups is 1. The third-order valence-electron chi connectivity index (χ3n) is 4.56. The summed E-state index contributed by atoms with van der Waals surface area (Å²) in [5.74, 6) is -0.276. The van der Waals surface area contributed by atoms with Gasteiger partial charge in [0.05, 0.1) is 12.7 Å². The lowest BCUT2D eigenvalue weighted by Crippen LogP contribution is -2.43. The first-order valence-electron chi connectivity index (χ1n) is 7.91. The summed E-state index contributed by atoms with van der Waals surface area (Å²) in [6.07, 6.45) is 5.31. The van der Waals surface area contributed by atoms with Crippen molar-refractivity contribution in [2.45, 2.75) is 44.3 Å². The highest BCUT2D eigenvalue weighted by molar-refractivity contribution is 5.89. The number of carbonyl (C=O) groups excluding carboxylic acids is 1. The van der Waals surface area contributed by atoms with Gasteiger partial charge in [0.15, 0.2) is 0 Å². The second kappa shape index (κ2) is 6.58. The van der Waals surface area contributed by atoms with E-state index in [1.807, 2.05) is 24.3 Å². The number of rotatable bonds is 5. The predicted octanol–water partition coefficient (Wildman–Crippen LogP) is 2.19. The number of nitrogens with one attached hydrogen (secondary N) is 1. The Bertz CT molecular complexity index is 474. The average Bonchev–Trinajstić information content (AvgIpc) is 3.38. The standard InChI is InChI=1S/C17H24N2O2/c1-21-17(20)14-4-2-13(3-5-14)12-18-15-8-10-19(11-9-15)16-6-7-16/h2-5,15-16,18H,6-12H2,1H3. The smallest absolute Gasteiger partial charge is 0.337 e. The fourth-order valence-corrected chi connectivity index (χ4v) is 3.05. The topological polar surface area (TPSA) is 41.6 Å². The van der Waals surface area contributed by atoms with Crippen molar-refractivity contribution in [2.24, 2.45) is 0 Å². The number of likely N-dealkylation sites (tertiary alicyclic amines) is 1. The fourth-order valence-electron chi connectivity index (χ4n) is 3.05. The van der Waals surface area contributed by atoms with Crippen LogP contribution < -0.4 is 5.32 Å². The molecule has 1 aromatic carbocycles. The van der Waals surface area contributed by atoms with Gasteiger partial charge in [-0.15, -0.1) is 0 Å². The van der Waals surface area contributed by atoms with E-state index >= 15 is 0 Å². The molecule has 1 saturated carbocycles. The van der Waals surface area contributed by atoms with Crippen LogP contribution in [0.3, 0.4) is 0 Å². The first kappa shape index (κ1) is 14.5.